The lowest BCUT2D eigenvalue weighted by atomic mass is 10.0. The zero-order valence-corrected chi connectivity index (χ0v) is 16.0. The minimum atomic E-state index is -0.991. The molecule has 0 saturated heterocycles. The van der Waals surface area contributed by atoms with Gasteiger partial charge in [0.2, 0.25) is 0 Å². The summed E-state index contributed by atoms with van der Waals surface area (Å²) in [6.07, 6.45) is 3.05. The van der Waals surface area contributed by atoms with Gasteiger partial charge in [0.05, 0.1) is 0 Å². The first-order valence-corrected chi connectivity index (χ1v) is 9.43. The molecule has 0 heterocycles. The van der Waals surface area contributed by atoms with Crippen molar-refractivity contribution in [3.8, 4) is 5.75 Å². The smallest absolute Gasteiger partial charge is 0.341 e. The van der Waals surface area contributed by atoms with E-state index in [1.807, 2.05) is 72.8 Å². The lowest BCUT2D eigenvalue weighted by Crippen LogP contribution is -2.09. The van der Waals surface area contributed by atoms with Gasteiger partial charge in [-0.15, -0.1) is 0 Å². The molecule has 0 aliphatic heterocycles. The summed E-state index contributed by atoms with van der Waals surface area (Å²) in [6, 6.07) is 27.4. The fourth-order valence-electron chi connectivity index (χ4n) is 2.86. The summed E-state index contributed by atoms with van der Waals surface area (Å²) in [6.45, 7) is -0.340. The molecule has 3 aromatic rings. The van der Waals surface area contributed by atoms with Crippen molar-refractivity contribution in [2.45, 2.75) is 18.9 Å². The van der Waals surface area contributed by atoms with E-state index in [1.165, 1.54) is 0 Å². The van der Waals surface area contributed by atoms with Gasteiger partial charge in [0.1, 0.15) is 5.75 Å². The van der Waals surface area contributed by atoms with Crippen molar-refractivity contribution in [1.29, 1.82) is 0 Å². The van der Waals surface area contributed by atoms with Gasteiger partial charge in [-0.2, -0.15) is 0 Å². The first kappa shape index (κ1) is 20.1. The second-order valence-corrected chi connectivity index (χ2v) is 6.46. The Morgan fingerprint density at radius 1 is 0.897 bits per heavy atom. The normalized spacial score (nSPS) is 10.9. The number of carboxylic acid groups (broad SMARTS) is 1. The third-order valence-electron chi connectivity index (χ3n) is 4.29. The fourth-order valence-corrected chi connectivity index (χ4v) is 2.86. The maximum Gasteiger partial charge on any atom is 0.341 e. The molecule has 0 aliphatic rings. The maximum atomic E-state index is 10.5. The molecule has 0 saturated carbocycles. The van der Waals surface area contributed by atoms with E-state index < -0.39 is 5.97 Å². The number of aliphatic carboxylic acids is 1. The summed E-state index contributed by atoms with van der Waals surface area (Å²) in [5.74, 6) is -0.448. The Morgan fingerprint density at radius 3 is 2.03 bits per heavy atom. The third-order valence-corrected chi connectivity index (χ3v) is 4.29. The molecule has 1 N–H and O–H groups in total. The Morgan fingerprint density at radius 2 is 1.48 bits per heavy atom. The molecule has 5 nitrogen and oxygen atoms in total. The molecule has 3 aromatic carbocycles. The van der Waals surface area contributed by atoms with Gasteiger partial charge in [-0.25, -0.2) is 4.79 Å². The minimum Gasteiger partial charge on any atom is -0.482 e. The number of hydrogen-bond acceptors (Lipinski definition) is 4. The Hall–Kier alpha value is -3.60. The van der Waals surface area contributed by atoms with Gasteiger partial charge in [0, 0.05) is 6.21 Å². The molecule has 0 amide bonds. The lowest BCUT2D eigenvalue weighted by molar-refractivity contribution is -0.139. The molecule has 0 spiro atoms. The van der Waals surface area contributed by atoms with E-state index in [9.17, 15) is 4.79 Å². The first-order valence-electron chi connectivity index (χ1n) is 9.43. The number of hydrogen-bond donors (Lipinski definition) is 1. The Labute approximate surface area is 170 Å². The highest BCUT2D eigenvalue weighted by molar-refractivity contribution is 5.68. The summed E-state index contributed by atoms with van der Waals surface area (Å²) < 4.78 is 5.13. The number of oxime groups is 1. The van der Waals surface area contributed by atoms with Gasteiger partial charge in [-0.3, -0.25) is 0 Å². The van der Waals surface area contributed by atoms with Crippen LogP contribution in [0.4, 0.5) is 0 Å². The van der Waals surface area contributed by atoms with Crippen molar-refractivity contribution >= 4 is 12.2 Å². The van der Waals surface area contributed by atoms with Gasteiger partial charge in [0.15, 0.2) is 12.7 Å². The van der Waals surface area contributed by atoms with Gasteiger partial charge in [0.25, 0.3) is 0 Å². The van der Waals surface area contributed by atoms with E-state index >= 15 is 0 Å². The van der Waals surface area contributed by atoms with Crippen LogP contribution in [0.3, 0.4) is 0 Å². The van der Waals surface area contributed by atoms with Crippen LogP contribution in [0.15, 0.2) is 90.1 Å². The molecule has 0 bridgehead atoms. The highest BCUT2D eigenvalue weighted by Gasteiger charge is 2.14. The minimum absolute atomic E-state index is 0.251. The largest absolute Gasteiger partial charge is 0.482 e. The van der Waals surface area contributed by atoms with Gasteiger partial charge in [-0.05, 0) is 41.7 Å². The third kappa shape index (κ3) is 6.50. The molecule has 0 atom stereocenters. The van der Waals surface area contributed by atoms with Crippen molar-refractivity contribution in [1.82, 2.24) is 0 Å². The van der Waals surface area contributed by atoms with Crippen LogP contribution in [0, 0.1) is 0 Å². The fraction of sp³-hybridized carbons (Fsp3) is 0.167. The van der Waals surface area contributed by atoms with Crippen LogP contribution in [0.1, 0.15) is 29.2 Å². The Kier molecular flexibility index (Phi) is 7.41. The van der Waals surface area contributed by atoms with Crippen LogP contribution < -0.4 is 4.74 Å². The van der Waals surface area contributed by atoms with Crippen molar-refractivity contribution < 1.29 is 19.5 Å². The predicted octanol–water partition coefficient (Wildman–Crippen LogP) is 4.87. The number of benzene rings is 3. The molecule has 148 valence electrons. The second kappa shape index (κ2) is 10.7. The van der Waals surface area contributed by atoms with E-state index in [1.54, 1.807) is 18.3 Å². The summed E-state index contributed by atoms with van der Waals surface area (Å²) in [7, 11) is 0. The average molecular weight is 389 g/mol. The second-order valence-electron chi connectivity index (χ2n) is 6.46. The van der Waals surface area contributed by atoms with Gasteiger partial charge in [-0.1, -0.05) is 78.0 Å². The molecule has 0 radical (unpaired) electrons. The molecule has 0 aliphatic carbocycles. The summed E-state index contributed by atoms with van der Waals surface area (Å²) in [5.41, 5.74) is 3.21. The maximum absolute atomic E-state index is 10.5. The highest BCUT2D eigenvalue weighted by Crippen LogP contribution is 2.25. The molecule has 0 unspecified atom stereocenters. The topological polar surface area (TPSA) is 68.1 Å². The molecule has 0 fully saturated rings. The van der Waals surface area contributed by atoms with E-state index in [0.29, 0.717) is 5.75 Å². The van der Waals surface area contributed by atoms with E-state index in [2.05, 4.69) is 5.16 Å². The number of aryl methyl sites for hydroxylation is 1. The molecular weight excluding hydrogens is 366 g/mol. The van der Waals surface area contributed by atoms with Crippen LogP contribution in [0.2, 0.25) is 0 Å². The standard InChI is InChI=1S/C24H23NO4/c26-23(27)18-28-22-15-13-19(14-16-22)8-7-17-25-29-24(20-9-3-1-4-10-20)21-11-5-2-6-12-21/h1-6,9-17,24H,7-8,18H2,(H,26,27)/b25-17-. The van der Waals surface area contributed by atoms with E-state index in [-0.39, 0.29) is 12.7 Å². The SMILES string of the molecule is O=C(O)COc1ccc(CC/C=N\OC(c2ccccc2)c2ccccc2)cc1. The van der Waals surface area contributed by atoms with Crippen LogP contribution in [0.25, 0.3) is 0 Å². The summed E-state index contributed by atoms with van der Waals surface area (Å²) >= 11 is 0. The van der Waals surface area contributed by atoms with Crippen molar-refractivity contribution in [3.63, 3.8) is 0 Å². The molecular formula is C24H23NO4. The zero-order chi connectivity index (χ0) is 20.3. The van der Waals surface area contributed by atoms with Crippen LogP contribution in [-0.4, -0.2) is 23.9 Å². The van der Waals surface area contributed by atoms with Gasteiger partial charge >= 0.3 is 5.97 Å². The number of ether oxygens (including phenoxy) is 1. The molecule has 5 heteroatoms. The molecule has 29 heavy (non-hydrogen) atoms. The number of rotatable bonds is 10. The summed E-state index contributed by atoms with van der Waals surface area (Å²) in [5, 5.41) is 12.8. The summed E-state index contributed by atoms with van der Waals surface area (Å²) in [4.78, 5) is 16.3. The van der Waals surface area contributed by atoms with Crippen molar-refractivity contribution in [3.05, 3.63) is 102 Å². The first-order chi connectivity index (χ1) is 14.2. The van der Waals surface area contributed by atoms with E-state index in [0.717, 1.165) is 29.5 Å². The van der Waals surface area contributed by atoms with Crippen LogP contribution in [-0.2, 0) is 16.1 Å². The molecule has 0 aromatic heterocycles. The number of nitrogens with zero attached hydrogens (tertiary/aromatic N) is 1. The number of carbonyl (C=O) groups is 1. The quantitative estimate of drug-likeness (QED) is 0.397. The Bertz CT molecular complexity index is 869. The Balaban J connectivity index is 1.53. The van der Waals surface area contributed by atoms with Gasteiger partial charge < -0.3 is 14.7 Å². The zero-order valence-electron chi connectivity index (χ0n) is 16.0. The van der Waals surface area contributed by atoms with Crippen LogP contribution in [0.5, 0.6) is 5.75 Å². The average Bonchev–Trinajstić information content (AvgIpc) is 2.77. The van der Waals surface area contributed by atoms with Crippen molar-refractivity contribution in [2.75, 3.05) is 6.61 Å². The van der Waals surface area contributed by atoms with Crippen LogP contribution >= 0.6 is 0 Å². The highest BCUT2D eigenvalue weighted by atomic mass is 16.6. The predicted molar refractivity (Wildman–Crippen MR) is 112 cm³/mol. The van der Waals surface area contributed by atoms with Crippen molar-refractivity contribution in [2.24, 2.45) is 5.16 Å². The lowest BCUT2D eigenvalue weighted by Gasteiger charge is -2.15. The molecule has 3 rings (SSSR count). The van der Waals surface area contributed by atoms with E-state index in [4.69, 9.17) is 14.7 Å². The number of carboxylic acids is 1. The monoisotopic (exact) mass is 389 g/mol.